The Morgan fingerprint density at radius 3 is 2.73 bits per heavy atom. The minimum absolute atomic E-state index is 0.365. The van der Waals surface area contributed by atoms with Crippen LogP contribution in [0.25, 0.3) is 0 Å². The van der Waals surface area contributed by atoms with E-state index in [-0.39, 0.29) is 6.03 Å². The van der Waals surface area contributed by atoms with Gasteiger partial charge in [0.1, 0.15) is 0 Å². The quantitative estimate of drug-likeness (QED) is 0.852. The number of nitrogens with zero attached hydrogens (tertiary/aromatic N) is 1. The first-order valence-electron chi connectivity index (χ1n) is 4.11. The van der Waals surface area contributed by atoms with Crippen molar-refractivity contribution in [3.8, 4) is 0 Å². The highest BCUT2D eigenvalue weighted by molar-refractivity contribution is 9.10. The van der Waals surface area contributed by atoms with Crippen molar-refractivity contribution in [1.82, 2.24) is 5.32 Å². The van der Waals surface area contributed by atoms with E-state index in [0.29, 0.717) is 10.7 Å². The van der Waals surface area contributed by atoms with Crippen LogP contribution in [0.3, 0.4) is 0 Å². The van der Waals surface area contributed by atoms with Crippen molar-refractivity contribution in [2.45, 2.75) is 0 Å². The van der Waals surface area contributed by atoms with Crippen LogP contribution in [-0.4, -0.2) is 20.2 Å². The Morgan fingerprint density at radius 2 is 2.27 bits per heavy atom. The Labute approximate surface area is 101 Å². The molecule has 1 aromatic rings. The highest BCUT2D eigenvalue weighted by atomic mass is 79.9. The molecule has 6 heteroatoms. The van der Waals surface area contributed by atoms with Gasteiger partial charge in [0.05, 0.1) is 17.8 Å². The molecule has 0 aliphatic rings. The van der Waals surface area contributed by atoms with Gasteiger partial charge in [0.15, 0.2) is 0 Å². The number of nitrogens with one attached hydrogen (secondary N) is 1. The van der Waals surface area contributed by atoms with Crippen LogP contribution in [0.1, 0.15) is 0 Å². The molecule has 0 saturated carbocycles. The standard InChI is InChI=1S/C9H10BrClN2O2/c1-12-9(14)13(15-2)6-3-4-7(10)8(11)5-6/h3-5H,1-2H3,(H,12,14). The smallest absolute Gasteiger partial charge is 0.339 e. The van der Waals surface area contributed by atoms with Crippen LogP contribution in [0.5, 0.6) is 0 Å². The van der Waals surface area contributed by atoms with Gasteiger partial charge in [0.2, 0.25) is 0 Å². The van der Waals surface area contributed by atoms with E-state index in [1.807, 2.05) is 0 Å². The van der Waals surface area contributed by atoms with Crippen molar-refractivity contribution < 1.29 is 9.63 Å². The fourth-order valence-corrected chi connectivity index (χ4v) is 1.44. The lowest BCUT2D eigenvalue weighted by Crippen LogP contribution is -2.37. The fourth-order valence-electron chi connectivity index (χ4n) is 1.02. The van der Waals surface area contributed by atoms with Gasteiger partial charge < -0.3 is 5.32 Å². The molecule has 15 heavy (non-hydrogen) atoms. The van der Waals surface area contributed by atoms with E-state index in [0.717, 1.165) is 9.54 Å². The summed E-state index contributed by atoms with van der Waals surface area (Å²) in [6.45, 7) is 0. The summed E-state index contributed by atoms with van der Waals surface area (Å²) in [4.78, 5) is 16.3. The van der Waals surface area contributed by atoms with Crippen LogP contribution in [-0.2, 0) is 4.84 Å². The SMILES string of the molecule is CNC(=O)N(OC)c1ccc(Br)c(Cl)c1. The number of rotatable bonds is 2. The van der Waals surface area contributed by atoms with Gasteiger partial charge >= 0.3 is 6.03 Å². The van der Waals surface area contributed by atoms with E-state index in [4.69, 9.17) is 16.4 Å². The van der Waals surface area contributed by atoms with Crippen LogP contribution in [0.15, 0.2) is 22.7 Å². The Bertz CT molecular complexity index is 373. The molecule has 0 spiro atoms. The second-order valence-electron chi connectivity index (χ2n) is 2.63. The van der Waals surface area contributed by atoms with Crippen LogP contribution < -0.4 is 10.4 Å². The number of amides is 2. The summed E-state index contributed by atoms with van der Waals surface area (Å²) >= 11 is 9.16. The summed E-state index contributed by atoms with van der Waals surface area (Å²) in [7, 11) is 2.93. The van der Waals surface area contributed by atoms with Gasteiger partial charge in [-0.15, -0.1) is 0 Å². The van der Waals surface area contributed by atoms with E-state index < -0.39 is 0 Å². The van der Waals surface area contributed by atoms with Crippen molar-refractivity contribution in [3.63, 3.8) is 0 Å². The van der Waals surface area contributed by atoms with Crippen LogP contribution in [0.4, 0.5) is 10.5 Å². The lowest BCUT2D eigenvalue weighted by molar-refractivity contribution is 0.164. The number of carbonyl (C=O) groups is 1. The third kappa shape index (κ3) is 2.84. The Balaban J connectivity index is 3.02. The second-order valence-corrected chi connectivity index (χ2v) is 3.89. The van der Waals surface area contributed by atoms with E-state index in [1.54, 1.807) is 18.2 Å². The molecule has 0 fully saturated rings. The second kappa shape index (κ2) is 5.34. The Kier molecular flexibility index (Phi) is 4.38. The first-order chi connectivity index (χ1) is 7.10. The van der Waals surface area contributed by atoms with Gasteiger partial charge in [-0.1, -0.05) is 11.6 Å². The molecule has 0 heterocycles. The average molecular weight is 294 g/mol. The van der Waals surface area contributed by atoms with Gasteiger partial charge in [-0.25, -0.2) is 4.79 Å². The minimum Gasteiger partial charge on any atom is -0.339 e. The van der Waals surface area contributed by atoms with Gasteiger partial charge in [-0.2, -0.15) is 5.06 Å². The van der Waals surface area contributed by atoms with E-state index in [2.05, 4.69) is 21.2 Å². The van der Waals surface area contributed by atoms with Crippen molar-refractivity contribution in [3.05, 3.63) is 27.7 Å². The zero-order valence-corrected chi connectivity index (χ0v) is 10.6. The monoisotopic (exact) mass is 292 g/mol. The van der Waals surface area contributed by atoms with Gasteiger partial charge in [-0.05, 0) is 34.1 Å². The summed E-state index contributed by atoms with van der Waals surface area (Å²) < 4.78 is 0.765. The molecule has 4 nitrogen and oxygen atoms in total. The lowest BCUT2D eigenvalue weighted by atomic mass is 10.3. The van der Waals surface area contributed by atoms with Gasteiger partial charge in [-0.3, -0.25) is 4.84 Å². The number of benzene rings is 1. The third-order valence-electron chi connectivity index (χ3n) is 1.72. The van der Waals surface area contributed by atoms with Gasteiger partial charge in [0, 0.05) is 11.5 Å². The number of urea groups is 1. The fraction of sp³-hybridized carbons (Fsp3) is 0.222. The minimum atomic E-state index is -0.365. The van der Waals surface area contributed by atoms with Crippen molar-refractivity contribution in [1.29, 1.82) is 0 Å². The molecular formula is C9H10BrClN2O2. The summed E-state index contributed by atoms with van der Waals surface area (Å²) in [5.74, 6) is 0. The summed E-state index contributed by atoms with van der Waals surface area (Å²) in [5, 5.41) is 4.08. The maximum Gasteiger partial charge on any atom is 0.345 e. The maximum atomic E-state index is 11.4. The number of hydrogen-bond acceptors (Lipinski definition) is 2. The van der Waals surface area contributed by atoms with Crippen molar-refractivity contribution in [2.75, 3.05) is 19.2 Å². The van der Waals surface area contributed by atoms with E-state index >= 15 is 0 Å². The highest BCUT2D eigenvalue weighted by Gasteiger charge is 2.14. The number of hydroxylamine groups is 1. The van der Waals surface area contributed by atoms with Crippen LogP contribution in [0.2, 0.25) is 5.02 Å². The predicted molar refractivity (Wildman–Crippen MR) is 63.1 cm³/mol. The van der Waals surface area contributed by atoms with Crippen LogP contribution >= 0.6 is 27.5 Å². The van der Waals surface area contributed by atoms with Gasteiger partial charge in [0.25, 0.3) is 0 Å². The topological polar surface area (TPSA) is 41.6 Å². The van der Waals surface area contributed by atoms with E-state index in [9.17, 15) is 4.79 Å². The normalized spacial score (nSPS) is 9.87. The van der Waals surface area contributed by atoms with Crippen LogP contribution in [0, 0.1) is 0 Å². The number of halogens is 2. The molecule has 0 aliphatic heterocycles. The molecule has 82 valence electrons. The maximum absolute atomic E-state index is 11.4. The highest BCUT2D eigenvalue weighted by Crippen LogP contribution is 2.27. The molecule has 0 atom stereocenters. The lowest BCUT2D eigenvalue weighted by Gasteiger charge is -2.19. The van der Waals surface area contributed by atoms with E-state index in [1.165, 1.54) is 14.2 Å². The molecule has 1 rings (SSSR count). The molecule has 0 unspecified atom stereocenters. The molecule has 0 aliphatic carbocycles. The largest absolute Gasteiger partial charge is 0.345 e. The summed E-state index contributed by atoms with van der Waals surface area (Å²) in [5.41, 5.74) is 0.560. The first-order valence-corrected chi connectivity index (χ1v) is 5.28. The zero-order chi connectivity index (χ0) is 11.4. The van der Waals surface area contributed by atoms with Crippen molar-refractivity contribution in [2.24, 2.45) is 0 Å². The number of carbonyl (C=O) groups excluding carboxylic acids is 1. The molecule has 2 amide bonds. The molecular weight excluding hydrogens is 283 g/mol. The first kappa shape index (κ1) is 12.3. The zero-order valence-electron chi connectivity index (χ0n) is 8.25. The Hall–Kier alpha value is -0.780. The number of anilines is 1. The van der Waals surface area contributed by atoms with Crippen molar-refractivity contribution >= 4 is 39.2 Å². The molecule has 0 saturated heterocycles. The molecule has 1 N–H and O–H groups in total. The summed E-state index contributed by atoms with van der Waals surface area (Å²) in [6, 6.07) is 4.72. The average Bonchev–Trinajstić information content (AvgIpc) is 2.24. The summed E-state index contributed by atoms with van der Waals surface area (Å²) in [6.07, 6.45) is 0. The molecule has 0 radical (unpaired) electrons. The Morgan fingerprint density at radius 1 is 1.60 bits per heavy atom. The molecule has 1 aromatic carbocycles. The third-order valence-corrected chi connectivity index (χ3v) is 2.95. The predicted octanol–water partition coefficient (Wildman–Crippen LogP) is 2.81. The molecule has 0 aromatic heterocycles. The molecule has 0 bridgehead atoms. The number of hydrogen-bond donors (Lipinski definition) is 1.